The van der Waals surface area contributed by atoms with Crippen LogP contribution in [0.5, 0.6) is 5.75 Å². The first-order valence-corrected chi connectivity index (χ1v) is 8.80. The summed E-state index contributed by atoms with van der Waals surface area (Å²) in [5, 5.41) is 13.0. The molecule has 10 heteroatoms. The molecule has 0 radical (unpaired) electrons. The van der Waals surface area contributed by atoms with Gasteiger partial charge < -0.3 is 9.84 Å². The summed E-state index contributed by atoms with van der Waals surface area (Å²) in [6.45, 7) is 0. The Morgan fingerprint density at radius 1 is 1.21 bits per heavy atom. The number of hydrazone groups is 1. The molecule has 2 aromatic rings. The molecule has 0 bridgehead atoms. The highest BCUT2D eigenvalue weighted by Gasteiger charge is 2.46. The summed E-state index contributed by atoms with van der Waals surface area (Å²) in [7, 11) is 1.45. The molecule has 29 heavy (non-hydrogen) atoms. The van der Waals surface area contributed by atoms with Crippen molar-refractivity contribution in [1.82, 2.24) is 0 Å². The van der Waals surface area contributed by atoms with Gasteiger partial charge in [0, 0.05) is 0 Å². The van der Waals surface area contributed by atoms with E-state index in [4.69, 9.17) is 9.84 Å². The maximum absolute atomic E-state index is 13.5. The zero-order valence-corrected chi connectivity index (χ0v) is 16.3. The number of rotatable bonds is 4. The number of halogens is 4. The first-order valence-electron chi connectivity index (χ1n) is 8.01. The number of carboxylic acid groups (broad SMARTS) is 1. The van der Waals surface area contributed by atoms with Gasteiger partial charge in [-0.25, -0.2) is 4.79 Å². The van der Waals surface area contributed by atoms with E-state index in [1.165, 1.54) is 43.5 Å². The smallest absolute Gasteiger partial charge is 0.435 e. The minimum Gasteiger partial charge on any atom is -0.496 e. The molecule has 0 spiro atoms. The fourth-order valence-corrected chi connectivity index (χ4v) is 3.17. The Labute approximate surface area is 171 Å². The third-order valence-electron chi connectivity index (χ3n) is 3.99. The quantitative estimate of drug-likeness (QED) is 0.669. The van der Waals surface area contributed by atoms with Crippen LogP contribution in [0, 0.1) is 0 Å². The minimum atomic E-state index is -4.86. The molecule has 1 heterocycles. The number of aromatic carboxylic acids is 1. The van der Waals surface area contributed by atoms with E-state index >= 15 is 0 Å². The van der Waals surface area contributed by atoms with E-state index in [-0.39, 0.29) is 11.3 Å². The second-order valence-corrected chi connectivity index (χ2v) is 6.72. The number of carbonyl (C=O) groups is 2. The highest BCUT2D eigenvalue weighted by Crippen LogP contribution is 2.34. The monoisotopic (exact) mass is 468 g/mol. The van der Waals surface area contributed by atoms with Crippen LogP contribution in [0.25, 0.3) is 6.08 Å². The van der Waals surface area contributed by atoms with Gasteiger partial charge in [-0.1, -0.05) is 6.07 Å². The summed E-state index contributed by atoms with van der Waals surface area (Å²) in [6.07, 6.45) is -3.77. The summed E-state index contributed by atoms with van der Waals surface area (Å²) in [6, 6.07) is 9.34. The molecular formula is C19H12BrF3N2O4. The molecule has 1 N–H and O–H groups in total. The number of anilines is 1. The van der Waals surface area contributed by atoms with E-state index in [2.05, 4.69) is 21.0 Å². The Kier molecular flexibility index (Phi) is 5.47. The SMILES string of the molecule is COc1ccc(/C=C2\C(=O)N(c3ccc(C(=O)O)cc3)N=C2C(F)(F)F)cc1Br. The average molecular weight is 469 g/mol. The Hall–Kier alpha value is -3.14. The van der Waals surface area contributed by atoms with Crippen LogP contribution in [0.3, 0.4) is 0 Å². The zero-order valence-electron chi connectivity index (χ0n) is 14.7. The highest BCUT2D eigenvalue weighted by molar-refractivity contribution is 9.10. The number of ether oxygens (including phenoxy) is 1. The number of carboxylic acids is 1. The van der Waals surface area contributed by atoms with E-state index in [0.29, 0.717) is 20.8 Å². The lowest BCUT2D eigenvalue weighted by molar-refractivity contribution is -0.114. The largest absolute Gasteiger partial charge is 0.496 e. The first kappa shape index (κ1) is 20.6. The van der Waals surface area contributed by atoms with E-state index in [0.717, 1.165) is 6.08 Å². The number of benzene rings is 2. The molecule has 3 rings (SSSR count). The van der Waals surface area contributed by atoms with Crippen LogP contribution in [-0.4, -0.2) is 36.0 Å². The first-order chi connectivity index (χ1) is 13.6. The van der Waals surface area contributed by atoms with Gasteiger partial charge >= 0.3 is 12.1 Å². The van der Waals surface area contributed by atoms with Crippen LogP contribution >= 0.6 is 15.9 Å². The zero-order chi connectivity index (χ0) is 21.3. The Morgan fingerprint density at radius 2 is 1.86 bits per heavy atom. The van der Waals surface area contributed by atoms with Crippen molar-refractivity contribution in [3.8, 4) is 5.75 Å². The number of alkyl halides is 3. The summed E-state index contributed by atoms with van der Waals surface area (Å²) < 4.78 is 46.0. The lowest BCUT2D eigenvalue weighted by Gasteiger charge is -2.11. The summed E-state index contributed by atoms with van der Waals surface area (Å²) in [5.74, 6) is -1.70. The van der Waals surface area contributed by atoms with Crippen molar-refractivity contribution in [2.75, 3.05) is 12.1 Å². The Balaban J connectivity index is 2.03. The van der Waals surface area contributed by atoms with Gasteiger partial charge in [-0.3, -0.25) is 4.79 Å². The number of carbonyl (C=O) groups excluding carboxylic acids is 1. The van der Waals surface area contributed by atoms with Crippen molar-refractivity contribution >= 4 is 45.3 Å². The molecule has 6 nitrogen and oxygen atoms in total. The van der Waals surface area contributed by atoms with E-state index in [1.807, 2.05) is 0 Å². The Bertz CT molecular complexity index is 1050. The summed E-state index contributed by atoms with van der Waals surface area (Å²) in [4.78, 5) is 23.6. The predicted molar refractivity (Wildman–Crippen MR) is 103 cm³/mol. The standard InChI is InChI=1S/C19H12BrF3N2O4/c1-29-15-7-2-10(9-14(15)20)8-13-16(19(21,22)23)24-25(17(13)26)12-5-3-11(4-6-12)18(27)28/h2-9H,1H3,(H,27,28)/b13-8-. The molecule has 150 valence electrons. The third kappa shape index (κ3) is 4.16. The van der Waals surface area contributed by atoms with Crippen molar-refractivity contribution in [3.05, 3.63) is 63.6 Å². The number of amides is 1. The Morgan fingerprint density at radius 3 is 2.38 bits per heavy atom. The van der Waals surface area contributed by atoms with Crippen LogP contribution in [0.4, 0.5) is 18.9 Å². The molecule has 0 saturated carbocycles. The van der Waals surface area contributed by atoms with Gasteiger partial charge in [0.25, 0.3) is 5.91 Å². The van der Waals surface area contributed by atoms with Gasteiger partial charge in [-0.15, -0.1) is 0 Å². The molecular weight excluding hydrogens is 457 g/mol. The van der Waals surface area contributed by atoms with Crippen molar-refractivity contribution in [3.63, 3.8) is 0 Å². The molecule has 1 aliphatic rings. The highest BCUT2D eigenvalue weighted by atomic mass is 79.9. The second-order valence-electron chi connectivity index (χ2n) is 5.87. The van der Waals surface area contributed by atoms with Crippen LogP contribution in [0.2, 0.25) is 0 Å². The van der Waals surface area contributed by atoms with Crippen LogP contribution < -0.4 is 9.75 Å². The molecule has 0 unspecified atom stereocenters. The van der Waals surface area contributed by atoms with E-state index in [9.17, 15) is 22.8 Å². The molecule has 0 atom stereocenters. The van der Waals surface area contributed by atoms with Gasteiger partial charge in [0.05, 0.1) is 28.4 Å². The normalized spacial score (nSPS) is 15.6. The molecule has 0 saturated heterocycles. The molecule has 0 fully saturated rings. The molecule has 2 aromatic carbocycles. The van der Waals surface area contributed by atoms with Gasteiger partial charge in [0.15, 0.2) is 5.71 Å². The number of nitrogens with zero attached hydrogens (tertiary/aromatic N) is 2. The lowest BCUT2D eigenvalue weighted by Crippen LogP contribution is -2.25. The number of hydrogen-bond donors (Lipinski definition) is 1. The van der Waals surface area contributed by atoms with Crippen molar-refractivity contribution < 1.29 is 32.6 Å². The topological polar surface area (TPSA) is 79.2 Å². The fraction of sp³-hybridized carbons (Fsp3) is 0.105. The number of hydrogen-bond acceptors (Lipinski definition) is 4. The predicted octanol–water partition coefficient (Wildman–Crippen LogP) is 4.50. The fourth-order valence-electron chi connectivity index (χ4n) is 2.61. The summed E-state index contributed by atoms with van der Waals surface area (Å²) >= 11 is 3.24. The molecule has 0 aromatic heterocycles. The van der Waals surface area contributed by atoms with Gasteiger partial charge in [0.2, 0.25) is 0 Å². The maximum Gasteiger partial charge on any atom is 0.435 e. The van der Waals surface area contributed by atoms with E-state index < -0.39 is 29.3 Å². The van der Waals surface area contributed by atoms with Crippen molar-refractivity contribution in [2.45, 2.75) is 6.18 Å². The van der Waals surface area contributed by atoms with Crippen molar-refractivity contribution in [2.24, 2.45) is 5.10 Å². The van der Waals surface area contributed by atoms with Gasteiger partial charge in [-0.2, -0.15) is 23.3 Å². The second kappa shape index (κ2) is 7.70. The van der Waals surface area contributed by atoms with E-state index in [1.54, 1.807) is 6.07 Å². The number of methoxy groups -OCH3 is 1. The average Bonchev–Trinajstić information content (AvgIpc) is 2.99. The minimum absolute atomic E-state index is 0.0149. The van der Waals surface area contributed by atoms with Gasteiger partial charge in [0.1, 0.15) is 5.75 Å². The lowest BCUT2D eigenvalue weighted by atomic mass is 10.1. The maximum atomic E-state index is 13.5. The van der Waals surface area contributed by atoms with Crippen molar-refractivity contribution in [1.29, 1.82) is 0 Å². The van der Waals surface area contributed by atoms with Crippen LogP contribution in [0.1, 0.15) is 15.9 Å². The van der Waals surface area contributed by atoms with Crippen LogP contribution in [0.15, 0.2) is 57.6 Å². The van der Waals surface area contributed by atoms with Crippen LogP contribution in [-0.2, 0) is 4.79 Å². The van der Waals surface area contributed by atoms with Gasteiger partial charge in [-0.05, 0) is 64.0 Å². The molecule has 0 aliphatic carbocycles. The molecule has 1 aliphatic heterocycles. The third-order valence-corrected chi connectivity index (χ3v) is 4.61. The molecule has 1 amide bonds. The summed E-state index contributed by atoms with van der Waals surface area (Å²) in [5.41, 5.74) is -1.69.